The molecule has 0 rings (SSSR count). The Balaban J connectivity index is 3.31. The fourth-order valence-corrected chi connectivity index (χ4v) is 1.78. The van der Waals surface area contributed by atoms with Crippen LogP contribution in [0.25, 0.3) is 0 Å². The molecule has 3 N–H and O–H groups in total. The molecule has 0 aromatic rings. The van der Waals surface area contributed by atoms with Crippen molar-refractivity contribution in [3.63, 3.8) is 0 Å². The zero-order chi connectivity index (χ0) is 11.6. The number of nitrogens with two attached hydrogens (primary N) is 1. The molecule has 7 heteroatoms. The minimum Gasteiger partial charge on any atom is -0.382 e. The average Bonchev–Trinajstić information content (AvgIpc) is 2.16. The molecule has 0 amide bonds. The van der Waals surface area contributed by atoms with Crippen molar-refractivity contribution in [1.29, 1.82) is 0 Å². The van der Waals surface area contributed by atoms with E-state index in [-0.39, 0.29) is 12.3 Å². The lowest BCUT2D eigenvalue weighted by Crippen LogP contribution is -2.31. The van der Waals surface area contributed by atoms with Crippen molar-refractivity contribution >= 4 is 10.0 Å². The number of nitrogens with one attached hydrogen (secondary N) is 1. The van der Waals surface area contributed by atoms with E-state index in [0.29, 0.717) is 32.8 Å². The quantitative estimate of drug-likeness (QED) is 0.474. The number of sulfonamides is 1. The van der Waals surface area contributed by atoms with Gasteiger partial charge in [-0.05, 0) is 6.42 Å². The molecule has 0 aromatic carbocycles. The molecule has 0 unspecified atom stereocenters. The van der Waals surface area contributed by atoms with E-state index in [1.807, 2.05) is 0 Å². The van der Waals surface area contributed by atoms with E-state index in [4.69, 9.17) is 15.2 Å². The third kappa shape index (κ3) is 10.1. The summed E-state index contributed by atoms with van der Waals surface area (Å²) in [4.78, 5) is 0. The van der Waals surface area contributed by atoms with Gasteiger partial charge in [-0.15, -0.1) is 0 Å². The van der Waals surface area contributed by atoms with Gasteiger partial charge >= 0.3 is 0 Å². The van der Waals surface area contributed by atoms with Gasteiger partial charge < -0.3 is 15.2 Å². The summed E-state index contributed by atoms with van der Waals surface area (Å²) >= 11 is 0. The summed E-state index contributed by atoms with van der Waals surface area (Å²) in [5.74, 6) is -0.0302. The largest absolute Gasteiger partial charge is 0.382 e. The second-order valence-electron chi connectivity index (χ2n) is 2.96. The van der Waals surface area contributed by atoms with Crippen LogP contribution in [0, 0.1) is 0 Å². The van der Waals surface area contributed by atoms with Crippen LogP contribution < -0.4 is 10.5 Å². The molecular weight excluding hydrogens is 220 g/mol. The van der Waals surface area contributed by atoms with Gasteiger partial charge in [0.15, 0.2) is 0 Å². The molecule has 0 aliphatic carbocycles. The van der Waals surface area contributed by atoms with Gasteiger partial charge in [-0.25, -0.2) is 13.1 Å². The van der Waals surface area contributed by atoms with E-state index in [2.05, 4.69) is 4.72 Å². The van der Waals surface area contributed by atoms with Crippen molar-refractivity contribution in [2.75, 3.05) is 45.8 Å². The van der Waals surface area contributed by atoms with E-state index in [1.165, 1.54) is 0 Å². The van der Waals surface area contributed by atoms with Crippen LogP contribution >= 0.6 is 0 Å². The van der Waals surface area contributed by atoms with Gasteiger partial charge in [0.05, 0.1) is 19.0 Å². The Labute approximate surface area is 91.2 Å². The van der Waals surface area contributed by atoms with E-state index >= 15 is 0 Å². The van der Waals surface area contributed by atoms with Crippen LogP contribution in [0.2, 0.25) is 0 Å². The molecular formula is C8H20N2O4S. The number of hydrogen-bond donors (Lipinski definition) is 2. The van der Waals surface area contributed by atoms with Crippen molar-refractivity contribution in [3.8, 4) is 0 Å². The Morgan fingerprint density at radius 2 is 2.00 bits per heavy atom. The Kier molecular flexibility index (Phi) is 8.92. The number of methoxy groups -OCH3 is 1. The van der Waals surface area contributed by atoms with Gasteiger partial charge in [0.25, 0.3) is 0 Å². The maximum atomic E-state index is 11.1. The van der Waals surface area contributed by atoms with Gasteiger partial charge in [-0.2, -0.15) is 0 Å². The third-order valence-electron chi connectivity index (χ3n) is 1.61. The lowest BCUT2D eigenvalue weighted by atomic mass is 10.5. The number of rotatable bonds is 10. The van der Waals surface area contributed by atoms with Gasteiger partial charge in [0.1, 0.15) is 0 Å². The number of hydrogen-bond acceptors (Lipinski definition) is 5. The Morgan fingerprint density at radius 1 is 1.27 bits per heavy atom. The molecule has 0 heterocycles. The lowest BCUT2D eigenvalue weighted by molar-refractivity contribution is 0.0699. The fraction of sp³-hybridized carbons (Fsp3) is 1.00. The van der Waals surface area contributed by atoms with Crippen LogP contribution in [0.4, 0.5) is 0 Å². The highest BCUT2D eigenvalue weighted by Gasteiger charge is 2.06. The van der Waals surface area contributed by atoms with Crippen LogP contribution in [0.5, 0.6) is 0 Å². The molecule has 6 nitrogen and oxygen atoms in total. The molecule has 92 valence electrons. The van der Waals surface area contributed by atoms with Crippen molar-refractivity contribution in [2.45, 2.75) is 6.42 Å². The highest BCUT2D eigenvalue weighted by molar-refractivity contribution is 7.89. The lowest BCUT2D eigenvalue weighted by Gasteiger charge is -2.05. The monoisotopic (exact) mass is 240 g/mol. The smallest absolute Gasteiger partial charge is 0.212 e. The standard InChI is InChI=1S/C8H20N2O4S/c1-13-6-7-14-5-2-4-10-15(11,12)8-3-9/h10H,2-9H2,1H3. The minimum atomic E-state index is -3.18. The minimum absolute atomic E-state index is 0.0302. The predicted octanol–water partition coefficient (Wildman–Crippen LogP) is -1.08. The topological polar surface area (TPSA) is 90.6 Å². The SMILES string of the molecule is COCCOCCCNS(=O)(=O)CCN. The summed E-state index contributed by atoms with van der Waals surface area (Å²) < 4.78 is 34.6. The van der Waals surface area contributed by atoms with E-state index < -0.39 is 10.0 Å². The Bertz CT molecular complexity index is 231. The first-order valence-electron chi connectivity index (χ1n) is 4.86. The van der Waals surface area contributed by atoms with Crippen molar-refractivity contribution in [3.05, 3.63) is 0 Å². The molecule has 0 saturated heterocycles. The van der Waals surface area contributed by atoms with Crippen molar-refractivity contribution in [2.24, 2.45) is 5.73 Å². The molecule has 0 aromatic heterocycles. The summed E-state index contributed by atoms with van der Waals surface area (Å²) in [7, 11) is -1.58. The second-order valence-corrected chi connectivity index (χ2v) is 4.89. The van der Waals surface area contributed by atoms with E-state index in [0.717, 1.165) is 0 Å². The normalized spacial score (nSPS) is 11.9. The van der Waals surface area contributed by atoms with Crippen LogP contribution in [-0.4, -0.2) is 54.2 Å². The van der Waals surface area contributed by atoms with Gasteiger partial charge in [-0.3, -0.25) is 0 Å². The molecule has 0 radical (unpaired) electrons. The summed E-state index contributed by atoms with van der Waals surface area (Å²) in [5, 5.41) is 0. The molecule has 0 atom stereocenters. The summed E-state index contributed by atoms with van der Waals surface area (Å²) in [6.45, 7) is 2.13. The second kappa shape index (κ2) is 9.05. The maximum absolute atomic E-state index is 11.1. The van der Waals surface area contributed by atoms with Crippen molar-refractivity contribution < 1.29 is 17.9 Å². The molecule has 0 fully saturated rings. The van der Waals surface area contributed by atoms with Gasteiger partial charge in [-0.1, -0.05) is 0 Å². The average molecular weight is 240 g/mol. The molecule has 0 saturated carbocycles. The van der Waals surface area contributed by atoms with Crippen LogP contribution in [0.3, 0.4) is 0 Å². The summed E-state index contributed by atoms with van der Waals surface area (Å²) in [5.41, 5.74) is 5.14. The highest BCUT2D eigenvalue weighted by Crippen LogP contribution is 1.85. The van der Waals surface area contributed by atoms with E-state index in [9.17, 15) is 8.42 Å². The van der Waals surface area contributed by atoms with Crippen LogP contribution in [-0.2, 0) is 19.5 Å². The maximum Gasteiger partial charge on any atom is 0.212 e. The Hall–Kier alpha value is -0.210. The fourth-order valence-electron chi connectivity index (χ4n) is 0.874. The predicted molar refractivity (Wildman–Crippen MR) is 58.2 cm³/mol. The molecule has 15 heavy (non-hydrogen) atoms. The first-order valence-corrected chi connectivity index (χ1v) is 6.51. The van der Waals surface area contributed by atoms with Crippen LogP contribution in [0.15, 0.2) is 0 Å². The molecule has 0 spiro atoms. The van der Waals surface area contributed by atoms with Gasteiger partial charge in [0, 0.05) is 26.8 Å². The first kappa shape index (κ1) is 14.8. The number of ether oxygens (including phenoxy) is 2. The summed E-state index contributed by atoms with van der Waals surface area (Å²) in [6, 6.07) is 0. The zero-order valence-corrected chi connectivity index (χ0v) is 9.88. The highest BCUT2D eigenvalue weighted by atomic mass is 32.2. The summed E-state index contributed by atoms with van der Waals surface area (Å²) in [6.07, 6.45) is 0.646. The molecule has 0 aliphatic heterocycles. The zero-order valence-electron chi connectivity index (χ0n) is 9.07. The van der Waals surface area contributed by atoms with Crippen molar-refractivity contribution in [1.82, 2.24) is 4.72 Å². The molecule has 0 aliphatic rings. The molecule has 0 bridgehead atoms. The Morgan fingerprint density at radius 3 is 2.60 bits per heavy atom. The van der Waals surface area contributed by atoms with E-state index in [1.54, 1.807) is 7.11 Å². The van der Waals surface area contributed by atoms with Crippen LogP contribution in [0.1, 0.15) is 6.42 Å². The first-order chi connectivity index (χ1) is 7.12. The third-order valence-corrected chi connectivity index (χ3v) is 3.02. The van der Waals surface area contributed by atoms with Gasteiger partial charge in [0.2, 0.25) is 10.0 Å².